The first-order valence-corrected chi connectivity index (χ1v) is 14.1. The fourth-order valence-corrected chi connectivity index (χ4v) is 4.99. The van der Waals surface area contributed by atoms with Crippen molar-refractivity contribution in [3.05, 3.63) is 95.6 Å². The number of amides is 3. The van der Waals surface area contributed by atoms with Crippen molar-refractivity contribution in [3.8, 4) is 11.1 Å². The Bertz CT molecular complexity index is 1300. The number of urea groups is 1. The standard InChI is InChI=1S/C33H39N3O5/c1-21(2)18-29(31(37)40-19-23-12-6-5-7-13-23)34-32(38)35-30(22(3)4)36-33(39)41-20-28-26-16-10-8-14-24(26)25-15-9-11-17-27(25)28/h5-17,21-22,28-30H,18-20H2,1-4H3,(H,36,39)(H2,34,35,38)/t29-,30-/m0/s1. The maximum absolute atomic E-state index is 12.9. The van der Waals surface area contributed by atoms with Gasteiger partial charge in [0.05, 0.1) is 0 Å². The lowest BCUT2D eigenvalue weighted by molar-refractivity contribution is -0.147. The summed E-state index contributed by atoms with van der Waals surface area (Å²) < 4.78 is 11.1. The van der Waals surface area contributed by atoms with Crippen LogP contribution in [-0.2, 0) is 20.9 Å². The van der Waals surface area contributed by atoms with E-state index in [-0.39, 0.29) is 31.0 Å². The number of rotatable bonds is 11. The molecule has 0 saturated carbocycles. The summed E-state index contributed by atoms with van der Waals surface area (Å²) in [6.07, 6.45) is -0.940. The van der Waals surface area contributed by atoms with E-state index in [4.69, 9.17) is 9.47 Å². The lowest BCUT2D eigenvalue weighted by Gasteiger charge is -2.26. The zero-order chi connectivity index (χ0) is 29.4. The maximum Gasteiger partial charge on any atom is 0.408 e. The molecule has 8 nitrogen and oxygen atoms in total. The van der Waals surface area contributed by atoms with Crippen molar-refractivity contribution in [1.82, 2.24) is 16.0 Å². The molecule has 3 N–H and O–H groups in total. The van der Waals surface area contributed by atoms with Crippen LogP contribution in [0.4, 0.5) is 9.59 Å². The smallest absolute Gasteiger partial charge is 0.408 e. The van der Waals surface area contributed by atoms with Crippen molar-refractivity contribution >= 4 is 18.1 Å². The summed E-state index contributed by atoms with van der Waals surface area (Å²) in [7, 11) is 0. The van der Waals surface area contributed by atoms with Crippen LogP contribution >= 0.6 is 0 Å². The quantitative estimate of drug-likeness (QED) is 0.199. The first kappa shape index (κ1) is 29.6. The largest absolute Gasteiger partial charge is 0.459 e. The van der Waals surface area contributed by atoms with Gasteiger partial charge in [-0.05, 0) is 46.1 Å². The number of carbonyl (C=O) groups is 3. The fourth-order valence-electron chi connectivity index (χ4n) is 4.99. The predicted molar refractivity (Wildman–Crippen MR) is 158 cm³/mol. The number of carbonyl (C=O) groups excluding carboxylic acids is 3. The molecule has 0 bridgehead atoms. The molecular weight excluding hydrogens is 518 g/mol. The highest BCUT2D eigenvalue weighted by atomic mass is 16.5. The number of fused-ring (bicyclic) bond motifs is 3. The Morgan fingerprint density at radius 2 is 1.32 bits per heavy atom. The molecule has 1 aliphatic rings. The van der Waals surface area contributed by atoms with Gasteiger partial charge in [-0.25, -0.2) is 14.4 Å². The Labute approximate surface area is 241 Å². The molecule has 0 saturated heterocycles. The maximum atomic E-state index is 12.9. The number of nitrogens with one attached hydrogen (secondary N) is 3. The van der Waals surface area contributed by atoms with E-state index in [0.717, 1.165) is 27.8 Å². The minimum Gasteiger partial charge on any atom is -0.459 e. The second-order valence-electron chi connectivity index (χ2n) is 11.1. The molecule has 3 aromatic carbocycles. The summed E-state index contributed by atoms with van der Waals surface area (Å²) in [5.74, 6) is -0.580. The molecule has 0 heterocycles. The van der Waals surface area contributed by atoms with E-state index in [2.05, 4.69) is 40.2 Å². The van der Waals surface area contributed by atoms with E-state index in [1.54, 1.807) is 0 Å². The van der Waals surface area contributed by atoms with Gasteiger partial charge in [0.1, 0.15) is 25.4 Å². The zero-order valence-corrected chi connectivity index (χ0v) is 24.1. The molecule has 3 aromatic rings. The molecular formula is C33H39N3O5. The lowest BCUT2D eigenvalue weighted by Crippen LogP contribution is -2.56. The molecule has 2 atom stereocenters. The Morgan fingerprint density at radius 1 is 0.732 bits per heavy atom. The highest BCUT2D eigenvalue weighted by Crippen LogP contribution is 2.44. The summed E-state index contributed by atoms with van der Waals surface area (Å²) in [5.41, 5.74) is 5.40. The Morgan fingerprint density at radius 3 is 1.90 bits per heavy atom. The highest BCUT2D eigenvalue weighted by molar-refractivity contribution is 5.84. The van der Waals surface area contributed by atoms with Gasteiger partial charge < -0.3 is 25.4 Å². The molecule has 8 heteroatoms. The van der Waals surface area contributed by atoms with E-state index < -0.39 is 30.3 Å². The number of hydrogen-bond acceptors (Lipinski definition) is 5. The SMILES string of the molecule is CC(C)C[C@H](NC(=O)N[C@@H](NC(=O)OCC1c2ccccc2-c2ccccc21)C(C)C)C(=O)OCc1ccccc1. The van der Waals surface area contributed by atoms with E-state index >= 15 is 0 Å². The van der Waals surface area contributed by atoms with E-state index in [0.29, 0.717) is 6.42 Å². The van der Waals surface area contributed by atoms with Gasteiger partial charge in [0.25, 0.3) is 0 Å². The van der Waals surface area contributed by atoms with Crippen molar-refractivity contribution in [2.75, 3.05) is 6.61 Å². The third-order valence-electron chi connectivity index (χ3n) is 7.09. The van der Waals surface area contributed by atoms with E-state index in [9.17, 15) is 14.4 Å². The van der Waals surface area contributed by atoms with Crippen molar-refractivity contribution < 1.29 is 23.9 Å². The van der Waals surface area contributed by atoms with Gasteiger partial charge in [-0.3, -0.25) is 0 Å². The van der Waals surface area contributed by atoms with E-state index in [1.807, 2.05) is 82.3 Å². The van der Waals surface area contributed by atoms with Crippen LogP contribution in [-0.4, -0.2) is 36.9 Å². The summed E-state index contributed by atoms with van der Waals surface area (Å²) in [5, 5.41) is 8.25. The minimum atomic E-state index is -0.832. The number of benzene rings is 3. The average molecular weight is 558 g/mol. The van der Waals surface area contributed by atoms with Crippen molar-refractivity contribution in [2.24, 2.45) is 11.8 Å². The molecule has 41 heavy (non-hydrogen) atoms. The number of alkyl carbamates (subject to hydrolysis) is 1. The van der Waals surface area contributed by atoms with Gasteiger partial charge in [-0.2, -0.15) is 0 Å². The zero-order valence-electron chi connectivity index (χ0n) is 24.1. The van der Waals surface area contributed by atoms with Crippen LogP contribution < -0.4 is 16.0 Å². The molecule has 0 spiro atoms. The second kappa shape index (κ2) is 13.8. The molecule has 0 aromatic heterocycles. The first-order chi connectivity index (χ1) is 19.7. The molecule has 0 fully saturated rings. The van der Waals surface area contributed by atoms with Crippen molar-refractivity contribution in [1.29, 1.82) is 0 Å². The van der Waals surface area contributed by atoms with Crippen LogP contribution in [0.25, 0.3) is 11.1 Å². The van der Waals surface area contributed by atoms with Crippen LogP contribution in [0.3, 0.4) is 0 Å². The molecule has 3 amide bonds. The molecule has 0 aliphatic heterocycles. The molecule has 0 radical (unpaired) electrons. The van der Waals surface area contributed by atoms with Crippen molar-refractivity contribution in [2.45, 2.75) is 58.8 Å². The summed E-state index contributed by atoms with van der Waals surface area (Å²) in [6.45, 7) is 7.96. The lowest BCUT2D eigenvalue weighted by atomic mass is 9.98. The third-order valence-corrected chi connectivity index (χ3v) is 7.09. The Kier molecular flexibility index (Phi) is 10.0. The molecule has 216 valence electrons. The summed E-state index contributed by atoms with van der Waals surface area (Å²) in [4.78, 5) is 38.6. The highest BCUT2D eigenvalue weighted by Gasteiger charge is 2.30. The summed E-state index contributed by atoms with van der Waals surface area (Å²) >= 11 is 0. The fraction of sp³-hybridized carbons (Fsp3) is 0.364. The van der Waals surface area contributed by atoms with Gasteiger partial charge >= 0.3 is 18.1 Å². The Balaban J connectivity index is 1.32. The van der Waals surface area contributed by atoms with Gasteiger partial charge in [0, 0.05) is 5.92 Å². The van der Waals surface area contributed by atoms with Crippen LogP contribution in [0.5, 0.6) is 0 Å². The normalized spacial score (nSPS) is 13.6. The minimum absolute atomic E-state index is 0.0689. The van der Waals surface area contributed by atoms with E-state index in [1.165, 1.54) is 0 Å². The molecule has 1 aliphatic carbocycles. The summed E-state index contributed by atoms with van der Waals surface area (Å²) in [6, 6.07) is 24.2. The second-order valence-corrected chi connectivity index (χ2v) is 11.1. The van der Waals surface area contributed by atoms with Crippen LogP contribution in [0.15, 0.2) is 78.9 Å². The van der Waals surface area contributed by atoms with Crippen molar-refractivity contribution in [3.63, 3.8) is 0 Å². The van der Waals surface area contributed by atoms with Crippen LogP contribution in [0, 0.1) is 11.8 Å². The third kappa shape index (κ3) is 7.87. The number of esters is 1. The molecule has 0 unspecified atom stereocenters. The monoisotopic (exact) mass is 557 g/mol. The number of ether oxygens (including phenoxy) is 2. The Hall–Kier alpha value is -4.33. The van der Waals surface area contributed by atoms with Crippen LogP contribution in [0.1, 0.15) is 56.7 Å². The predicted octanol–water partition coefficient (Wildman–Crippen LogP) is 5.96. The van der Waals surface area contributed by atoms with Crippen LogP contribution in [0.2, 0.25) is 0 Å². The van der Waals surface area contributed by atoms with Gasteiger partial charge in [-0.15, -0.1) is 0 Å². The van der Waals surface area contributed by atoms with Gasteiger partial charge in [0.15, 0.2) is 0 Å². The number of hydrogen-bond donors (Lipinski definition) is 3. The average Bonchev–Trinajstić information content (AvgIpc) is 3.28. The molecule has 4 rings (SSSR count). The van der Waals surface area contributed by atoms with Gasteiger partial charge in [-0.1, -0.05) is 107 Å². The van der Waals surface area contributed by atoms with Gasteiger partial charge in [0.2, 0.25) is 0 Å². The first-order valence-electron chi connectivity index (χ1n) is 14.1. The topological polar surface area (TPSA) is 106 Å².